The molecule has 0 radical (unpaired) electrons. The highest BCUT2D eigenvalue weighted by atomic mass is 32.1. The Kier molecular flexibility index (Phi) is 2.60. The van der Waals surface area contributed by atoms with Crippen LogP contribution in [0.15, 0.2) is 40.1 Å². The van der Waals surface area contributed by atoms with Gasteiger partial charge in [-0.05, 0) is 23.6 Å². The topological polar surface area (TPSA) is 63.3 Å². The molecule has 0 spiro atoms. The molecule has 5 heteroatoms. The second-order valence-corrected chi connectivity index (χ2v) is 4.85. The predicted molar refractivity (Wildman–Crippen MR) is 68.1 cm³/mol. The van der Waals surface area contributed by atoms with Crippen LogP contribution < -0.4 is 0 Å². The van der Waals surface area contributed by atoms with Gasteiger partial charge in [0.25, 0.3) is 0 Å². The lowest BCUT2D eigenvalue weighted by atomic mass is 10.2. The van der Waals surface area contributed by atoms with Crippen molar-refractivity contribution < 1.29 is 14.3 Å². The molecule has 3 aromatic rings. The van der Waals surface area contributed by atoms with E-state index in [1.807, 2.05) is 17.5 Å². The number of carbonyl (C=O) groups is 1. The molecule has 0 fully saturated rings. The summed E-state index contributed by atoms with van der Waals surface area (Å²) in [6, 6.07) is 8.90. The molecule has 0 aliphatic carbocycles. The van der Waals surface area contributed by atoms with Crippen molar-refractivity contribution in [1.82, 2.24) is 4.98 Å². The van der Waals surface area contributed by atoms with E-state index in [4.69, 9.17) is 9.52 Å². The van der Waals surface area contributed by atoms with Gasteiger partial charge in [0.1, 0.15) is 11.1 Å². The summed E-state index contributed by atoms with van der Waals surface area (Å²) in [5, 5.41) is 11.0. The lowest BCUT2D eigenvalue weighted by Crippen LogP contribution is -1.95. The summed E-state index contributed by atoms with van der Waals surface area (Å²) in [5.41, 5.74) is 1.08. The van der Waals surface area contributed by atoms with Gasteiger partial charge in [0, 0.05) is 4.88 Å². The van der Waals surface area contributed by atoms with Crippen LogP contribution in [0.25, 0.3) is 11.1 Å². The molecule has 0 saturated heterocycles. The highest BCUT2D eigenvalue weighted by Gasteiger charge is 2.14. The summed E-state index contributed by atoms with van der Waals surface area (Å²) in [4.78, 5) is 16.5. The van der Waals surface area contributed by atoms with Gasteiger partial charge < -0.3 is 9.52 Å². The normalized spacial score (nSPS) is 10.9. The van der Waals surface area contributed by atoms with E-state index in [0.29, 0.717) is 23.4 Å². The first-order valence-electron chi connectivity index (χ1n) is 5.38. The number of oxazole rings is 1. The molecule has 0 atom stereocenters. The fourth-order valence-electron chi connectivity index (χ4n) is 1.80. The van der Waals surface area contributed by atoms with Crippen molar-refractivity contribution >= 4 is 28.4 Å². The van der Waals surface area contributed by atoms with Crippen LogP contribution in [-0.2, 0) is 6.42 Å². The van der Waals surface area contributed by atoms with Crippen molar-refractivity contribution in [3.05, 3.63) is 52.0 Å². The quantitative estimate of drug-likeness (QED) is 0.784. The number of benzene rings is 1. The number of para-hydroxylation sites is 1. The molecule has 1 N–H and O–H groups in total. The predicted octanol–water partition coefficient (Wildman–Crippen LogP) is 3.18. The number of hydrogen-bond donors (Lipinski definition) is 1. The molecule has 0 aliphatic rings. The Hall–Kier alpha value is -2.14. The first kappa shape index (κ1) is 11.0. The zero-order valence-corrected chi connectivity index (χ0v) is 10.1. The minimum absolute atomic E-state index is 0.150. The Bertz CT molecular complexity index is 700. The van der Waals surface area contributed by atoms with Crippen molar-refractivity contribution in [2.24, 2.45) is 0 Å². The highest BCUT2D eigenvalue weighted by Crippen LogP contribution is 2.22. The number of aromatic carboxylic acids is 1. The maximum absolute atomic E-state index is 11.1. The van der Waals surface area contributed by atoms with Crippen molar-refractivity contribution in [2.75, 3.05) is 0 Å². The third kappa shape index (κ3) is 1.89. The Morgan fingerprint density at radius 2 is 2.22 bits per heavy atom. The first-order chi connectivity index (χ1) is 8.74. The van der Waals surface area contributed by atoms with Crippen LogP contribution in [0.1, 0.15) is 21.1 Å². The van der Waals surface area contributed by atoms with E-state index in [2.05, 4.69) is 4.98 Å². The minimum Gasteiger partial charge on any atom is -0.478 e. The summed E-state index contributed by atoms with van der Waals surface area (Å²) in [7, 11) is 0. The molecular formula is C13H9NO3S. The van der Waals surface area contributed by atoms with Crippen molar-refractivity contribution in [3.8, 4) is 0 Å². The summed E-state index contributed by atoms with van der Waals surface area (Å²) >= 11 is 1.62. The van der Waals surface area contributed by atoms with Gasteiger partial charge in [0.05, 0.1) is 6.42 Å². The fourth-order valence-corrected chi connectivity index (χ4v) is 2.50. The number of carboxylic acids is 1. The SMILES string of the molecule is O=C(O)c1cccc2nc(Cc3cccs3)oc12. The van der Waals surface area contributed by atoms with Crippen LogP contribution in [0.2, 0.25) is 0 Å². The van der Waals surface area contributed by atoms with Crippen LogP contribution in [-0.4, -0.2) is 16.1 Å². The molecule has 0 aliphatic heterocycles. The van der Waals surface area contributed by atoms with Crippen molar-refractivity contribution in [1.29, 1.82) is 0 Å². The fraction of sp³-hybridized carbons (Fsp3) is 0.0769. The van der Waals surface area contributed by atoms with E-state index >= 15 is 0 Å². The van der Waals surface area contributed by atoms with Gasteiger partial charge in [-0.25, -0.2) is 9.78 Å². The first-order valence-corrected chi connectivity index (χ1v) is 6.26. The van der Waals surface area contributed by atoms with Gasteiger partial charge in [-0.2, -0.15) is 0 Å². The van der Waals surface area contributed by atoms with Crippen molar-refractivity contribution in [2.45, 2.75) is 6.42 Å². The molecule has 2 heterocycles. The van der Waals surface area contributed by atoms with Crippen molar-refractivity contribution in [3.63, 3.8) is 0 Å². The number of thiophene rings is 1. The molecule has 2 aromatic heterocycles. The van der Waals surface area contributed by atoms with Crippen LogP contribution in [0, 0.1) is 0 Å². The Morgan fingerprint density at radius 3 is 2.94 bits per heavy atom. The van der Waals surface area contributed by atoms with E-state index < -0.39 is 5.97 Å². The third-order valence-corrected chi connectivity index (χ3v) is 3.47. The largest absolute Gasteiger partial charge is 0.478 e. The summed E-state index contributed by atoms with van der Waals surface area (Å²) in [6.07, 6.45) is 0.589. The molecule has 0 amide bonds. The number of rotatable bonds is 3. The Labute approximate surface area is 107 Å². The average Bonchev–Trinajstić information content (AvgIpc) is 2.96. The number of carboxylic acid groups (broad SMARTS) is 1. The van der Waals surface area contributed by atoms with E-state index in [0.717, 1.165) is 4.88 Å². The lowest BCUT2D eigenvalue weighted by Gasteiger charge is -1.93. The van der Waals surface area contributed by atoms with E-state index in [1.165, 1.54) is 6.07 Å². The van der Waals surface area contributed by atoms with Gasteiger partial charge in [0.2, 0.25) is 5.89 Å². The second kappa shape index (κ2) is 4.27. The summed E-state index contributed by atoms with van der Waals surface area (Å²) in [5.74, 6) is -0.458. The highest BCUT2D eigenvalue weighted by molar-refractivity contribution is 7.09. The maximum Gasteiger partial charge on any atom is 0.339 e. The number of nitrogens with zero attached hydrogens (tertiary/aromatic N) is 1. The minimum atomic E-state index is -1.00. The standard InChI is InChI=1S/C13H9NO3S/c15-13(16)9-4-1-5-10-12(9)17-11(14-10)7-8-3-2-6-18-8/h1-6H,7H2,(H,15,16). The van der Waals surface area contributed by atoms with E-state index in [-0.39, 0.29) is 5.56 Å². The molecular weight excluding hydrogens is 250 g/mol. The smallest absolute Gasteiger partial charge is 0.339 e. The maximum atomic E-state index is 11.1. The zero-order chi connectivity index (χ0) is 12.5. The molecule has 1 aromatic carbocycles. The average molecular weight is 259 g/mol. The molecule has 18 heavy (non-hydrogen) atoms. The third-order valence-electron chi connectivity index (χ3n) is 2.60. The van der Waals surface area contributed by atoms with Crippen LogP contribution in [0.5, 0.6) is 0 Å². The molecule has 4 nitrogen and oxygen atoms in total. The van der Waals surface area contributed by atoms with Gasteiger partial charge in [-0.15, -0.1) is 11.3 Å². The number of fused-ring (bicyclic) bond motifs is 1. The molecule has 0 unspecified atom stereocenters. The van der Waals surface area contributed by atoms with Gasteiger partial charge >= 0.3 is 5.97 Å². The van der Waals surface area contributed by atoms with Gasteiger partial charge in [-0.3, -0.25) is 0 Å². The lowest BCUT2D eigenvalue weighted by molar-refractivity contribution is 0.0698. The zero-order valence-electron chi connectivity index (χ0n) is 9.29. The summed E-state index contributed by atoms with van der Waals surface area (Å²) < 4.78 is 5.55. The second-order valence-electron chi connectivity index (χ2n) is 3.82. The van der Waals surface area contributed by atoms with Gasteiger partial charge in [-0.1, -0.05) is 12.1 Å². The Morgan fingerprint density at radius 1 is 1.33 bits per heavy atom. The summed E-state index contributed by atoms with van der Waals surface area (Å²) in [6.45, 7) is 0. The molecule has 3 rings (SSSR count). The Balaban J connectivity index is 2.05. The van der Waals surface area contributed by atoms with Crippen LogP contribution in [0.3, 0.4) is 0 Å². The molecule has 0 saturated carbocycles. The molecule has 90 valence electrons. The van der Waals surface area contributed by atoms with E-state index in [1.54, 1.807) is 23.5 Å². The number of aromatic nitrogens is 1. The van der Waals surface area contributed by atoms with Gasteiger partial charge in [0.15, 0.2) is 5.58 Å². The monoisotopic (exact) mass is 259 g/mol. The molecule has 0 bridgehead atoms. The van der Waals surface area contributed by atoms with E-state index in [9.17, 15) is 4.79 Å². The van der Waals surface area contributed by atoms with Crippen LogP contribution in [0.4, 0.5) is 0 Å². The number of hydrogen-bond acceptors (Lipinski definition) is 4. The van der Waals surface area contributed by atoms with Crippen LogP contribution >= 0.6 is 11.3 Å².